The average molecular weight is 227 g/mol. The fourth-order valence-electron chi connectivity index (χ4n) is 2.20. The van der Waals surface area contributed by atoms with E-state index in [2.05, 4.69) is 11.4 Å². The number of hydrogen-bond donors (Lipinski definition) is 2. The molecule has 0 spiro atoms. The highest BCUT2D eigenvalue weighted by molar-refractivity contribution is 5.92. The summed E-state index contributed by atoms with van der Waals surface area (Å²) in [6.07, 6.45) is 9.04. The van der Waals surface area contributed by atoms with E-state index in [-0.39, 0.29) is 0 Å². The topological polar surface area (TPSA) is 60.1 Å². The van der Waals surface area contributed by atoms with E-state index in [1.54, 1.807) is 6.07 Å². The zero-order valence-electron chi connectivity index (χ0n) is 9.31. The Balaban J connectivity index is 2.13. The van der Waals surface area contributed by atoms with Crippen LogP contribution in [0.4, 0.5) is 0 Å². The van der Waals surface area contributed by atoms with Gasteiger partial charge in [-0.1, -0.05) is 12.2 Å². The zero-order valence-corrected chi connectivity index (χ0v) is 9.31. The molecule has 1 aromatic heterocycles. The van der Waals surface area contributed by atoms with Crippen molar-refractivity contribution in [3.63, 3.8) is 0 Å². The van der Waals surface area contributed by atoms with Gasteiger partial charge in [-0.2, -0.15) is 0 Å². The second-order valence-corrected chi connectivity index (χ2v) is 4.16. The Labute approximate surface area is 99.1 Å². The highest BCUT2D eigenvalue weighted by Gasteiger charge is 2.17. The number of rotatable bonds is 1. The molecule has 3 rings (SSSR count). The maximum atomic E-state index is 11.3. The van der Waals surface area contributed by atoms with E-state index in [4.69, 9.17) is 5.73 Å². The van der Waals surface area contributed by atoms with Gasteiger partial charge in [0, 0.05) is 17.6 Å². The predicted octanol–water partition coefficient (Wildman–Crippen LogP) is 1.37. The molecule has 86 valence electrons. The van der Waals surface area contributed by atoms with E-state index >= 15 is 0 Å². The lowest BCUT2D eigenvalue weighted by Crippen LogP contribution is -2.16. The Morgan fingerprint density at radius 3 is 3.12 bits per heavy atom. The number of nitrogens with two attached hydrogens (primary N) is 1. The smallest absolute Gasteiger partial charge is 0.265 e. The minimum atomic E-state index is -0.396. The van der Waals surface area contributed by atoms with Crippen LogP contribution >= 0.6 is 0 Å². The number of allylic oxidation sites excluding steroid dienone is 4. The molecule has 17 heavy (non-hydrogen) atoms. The molecule has 4 nitrogen and oxygen atoms in total. The molecule has 0 unspecified atom stereocenters. The second-order valence-electron chi connectivity index (χ2n) is 4.16. The summed E-state index contributed by atoms with van der Waals surface area (Å²) < 4.78 is 1.88. The molecule has 2 heterocycles. The number of nitrogens with one attached hydrogen (secondary N) is 1. The molecule has 4 heteroatoms. The maximum absolute atomic E-state index is 11.3. The summed E-state index contributed by atoms with van der Waals surface area (Å²) in [7, 11) is 0. The summed E-state index contributed by atoms with van der Waals surface area (Å²) in [5.41, 5.74) is 9.23. The molecule has 1 amide bonds. The van der Waals surface area contributed by atoms with Crippen LogP contribution in [0.1, 0.15) is 22.6 Å². The molecule has 0 atom stereocenters. The van der Waals surface area contributed by atoms with Crippen molar-refractivity contribution < 1.29 is 4.79 Å². The summed E-state index contributed by atoms with van der Waals surface area (Å²) >= 11 is 0. The van der Waals surface area contributed by atoms with E-state index in [1.165, 1.54) is 5.57 Å². The van der Waals surface area contributed by atoms with Crippen molar-refractivity contribution in [3.8, 4) is 0 Å². The molecule has 0 fully saturated rings. The molecular weight excluding hydrogens is 214 g/mol. The first-order chi connectivity index (χ1) is 8.25. The van der Waals surface area contributed by atoms with Crippen LogP contribution in [-0.2, 0) is 6.54 Å². The minimum Gasteiger partial charge on any atom is -0.379 e. The van der Waals surface area contributed by atoms with Crippen LogP contribution in [0.5, 0.6) is 0 Å². The summed E-state index contributed by atoms with van der Waals surface area (Å²) in [6, 6.07) is 3.69. The van der Waals surface area contributed by atoms with Gasteiger partial charge in [0.1, 0.15) is 5.69 Å². The number of carbonyl (C=O) groups excluding carboxylic acids is 1. The summed E-state index contributed by atoms with van der Waals surface area (Å²) in [5.74, 6) is -0.396. The van der Waals surface area contributed by atoms with Gasteiger partial charge in [-0.05, 0) is 30.2 Å². The summed E-state index contributed by atoms with van der Waals surface area (Å²) in [6.45, 7) is 0.701. The number of fused-ring (bicyclic) bond motifs is 2. The van der Waals surface area contributed by atoms with Crippen molar-refractivity contribution in [2.45, 2.75) is 13.0 Å². The van der Waals surface area contributed by atoms with Crippen LogP contribution < -0.4 is 11.1 Å². The molecule has 0 bridgehead atoms. The van der Waals surface area contributed by atoms with Crippen LogP contribution in [0.15, 0.2) is 41.6 Å². The van der Waals surface area contributed by atoms with E-state index in [9.17, 15) is 4.79 Å². The normalized spacial score (nSPS) is 17.2. The summed E-state index contributed by atoms with van der Waals surface area (Å²) in [4.78, 5) is 11.3. The highest BCUT2D eigenvalue weighted by atomic mass is 16.1. The molecule has 2 aliphatic rings. The lowest BCUT2D eigenvalue weighted by molar-refractivity contribution is 0.0994. The largest absolute Gasteiger partial charge is 0.379 e. The van der Waals surface area contributed by atoms with Crippen molar-refractivity contribution in [3.05, 3.63) is 53.0 Å². The van der Waals surface area contributed by atoms with Crippen LogP contribution in [-0.4, -0.2) is 10.5 Å². The van der Waals surface area contributed by atoms with Crippen molar-refractivity contribution >= 4 is 12.1 Å². The van der Waals surface area contributed by atoms with Gasteiger partial charge in [0.15, 0.2) is 0 Å². The maximum Gasteiger partial charge on any atom is 0.265 e. The molecule has 0 radical (unpaired) electrons. The number of aromatic nitrogens is 1. The van der Waals surface area contributed by atoms with Crippen LogP contribution in [0.25, 0.3) is 6.20 Å². The third kappa shape index (κ3) is 1.58. The molecule has 1 aliphatic carbocycles. The molecule has 0 saturated heterocycles. The van der Waals surface area contributed by atoms with Crippen LogP contribution in [0, 0.1) is 0 Å². The van der Waals surface area contributed by atoms with Crippen molar-refractivity contribution in [1.29, 1.82) is 0 Å². The van der Waals surface area contributed by atoms with Crippen molar-refractivity contribution in [2.75, 3.05) is 0 Å². The third-order valence-electron chi connectivity index (χ3n) is 3.08. The Hall–Kier alpha value is -2.23. The molecule has 0 saturated carbocycles. The van der Waals surface area contributed by atoms with E-state index < -0.39 is 5.91 Å². The second kappa shape index (κ2) is 3.66. The number of carbonyl (C=O) groups is 1. The lowest BCUT2D eigenvalue weighted by Gasteiger charge is -2.12. The van der Waals surface area contributed by atoms with Gasteiger partial charge in [-0.3, -0.25) is 4.79 Å². The zero-order chi connectivity index (χ0) is 11.8. The van der Waals surface area contributed by atoms with Crippen molar-refractivity contribution in [1.82, 2.24) is 9.88 Å². The van der Waals surface area contributed by atoms with Gasteiger partial charge >= 0.3 is 0 Å². The first-order valence-electron chi connectivity index (χ1n) is 5.57. The lowest BCUT2D eigenvalue weighted by atomic mass is 10.1. The highest BCUT2D eigenvalue weighted by Crippen LogP contribution is 2.24. The number of nitrogens with zero attached hydrogens (tertiary/aromatic N) is 1. The van der Waals surface area contributed by atoms with Crippen LogP contribution in [0.3, 0.4) is 0 Å². The summed E-state index contributed by atoms with van der Waals surface area (Å²) in [5, 5.41) is 3.36. The number of amides is 1. The standard InChI is InChI=1S/C13H13N3O/c14-13(17)12-6-5-10-7-15-11-4-2-1-3-9(11)8-16(10)12/h1-2,4-6,8,15H,3,7H2,(H2,14,17). The fourth-order valence-corrected chi connectivity index (χ4v) is 2.20. The van der Waals surface area contributed by atoms with E-state index in [1.807, 2.05) is 29.0 Å². The first-order valence-corrected chi connectivity index (χ1v) is 5.57. The quantitative estimate of drug-likeness (QED) is 0.761. The predicted molar refractivity (Wildman–Crippen MR) is 65.9 cm³/mol. The third-order valence-corrected chi connectivity index (χ3v) is 3.08. The molecule has 3 N–H and O–H groups in total. The van der Waals surface area contributed by atoms with Gasteiger partial charge in [0.05, 0.1) is 6.54 Å². The van der Waals surface area contributed by atoms with Gasteiger partial charge in [-0.25, -0.2) is 0 Å². The number of hydrogen-bond acceptors (Lipinski definition) is 2. The van der Waals surface area contributed by atoms with E-state index in [0.29, 0.717) is 12.2 Å². The number of primary amides is 1. The molecule has 1 aromatic rings. The van der Waals surface area contributed by atoms with Crippen molar-refractivity contribution in [2.24, 2.45) is 5.73 Å². The monoisotopic (exact) mass is 227 g/mol. The molecule has 0 aromatic carbocycles. The van der Waals surface area contributed by atoms with Gasteiger partial charge in [-0.15, -0.1) is 0 Å². The Bertz CT molecular complexity index is 575. The minimum absolute atomic E-state index is 0.396. The first kappa shape index (κ1) is 9.96. The van der Waals surface area contributed by atoms with Crippen LogP contribution in [0.2, 0.25) is 0 Å². The Morgan fingerprint density at radius 1 is 1.41 bits per heavy atom. The SMILES string of the molecule is NC(=O)c1ccc2n1C=C1CC=CC=C1NC2. The average Bonchev–Trinajstić information content (AvgIpc) is 2.63. The molecule has 1 aliphatic heterocycles. The van der Waals surface area contributed by atoms with Gasteiger partial charge in [0.25, 0.3) is 5.91 Å². The van der Waals surface area contributed by atoms with Gasteiger partial charge in [0.2, 0.25) is 0 Å². The fraction of sp³-hybridized carbons (Fsp3) is 0.154. The molecular formula is C13H13N3O. The Kier molecular flexibility index (Phi) is 2.14. The van der Waals surface area contributed by atoms with E-state index in [0.717, 1.165) is 17.8 Å². The Morgan fingerprint density at radius 2 is 2.29 bits per heavy atom. The van der Waals surface area contributed by atoms with Gasteiger partial charge < -0.3 is 15.6 Å².